The average Bonchev–Trinajstić information content (AvgIpc) is 2.06. The van der Waals surface area contributed by atoms with E-state index in [2.05, 4.69) is 10.4 Å². The summed E-state index contributed by atoms with van der Waals surface area (Å²) in [5, 5.41) is 13.3. The minimum Gasteiger partial charge on any atom is -0.394 e. The fourth-order valence-electron chi connectivity index (χ4n) is 0.518. The van der Waals surface area contributed by atoms with Gasteiger partial charge in [0.1, 0.15) is 0 Å². The minimum absolute atomic E-state index is 0.0707. The molecule has 13 heavy (non-hydrogen) atoms. The second-order valence-electron chi connectivity index (χ2n) is 2.52. The number of hydrogen-bond donors (Lipinski definition) is 1. The summed E-state index contributed by atoms with van der Waals surface area (Å²) in [4.78, 5) is 18.6. The molecule has 0 bridgehead atoms. The highest BCUT2D eigenvalue weighted by Crippen LogP contribution is 2.06. The molecular formula is C7H16N2O4. The Morgan fingerprint density at radius 3 is 2.08 bits per heavy atom. The summed E-state index contributed by atoms with van der Waals surface area (Å²) in [6.45, 7) is 3.78. The third kappa shape index (κ3) is 11.1. The molecule has 0 saturated carbocycles. The van der Waals surface area contributed by atoms with Gasteiger partial charge in [-0.2, -0.15) is 4.91 Å². The Morgan fingerprint density at radius 1 is 1.38 bits per heavy atom. The first-order chi connectivity index (χ1) is 6.13. The molecule has 0 radical (unpaired) electrons. The molecule has 6 nitrogen and oxygen atoms in total. The maximum absolute atomic E-state index is 10.00. The Hall–Kier alpha value is -0.880. The number of hydrogen-bond acceptors (Lipinski definition) is 6. The van der Waals surface area contributed by atoms with Crippen LogP contribution in [0.25, 0.3) is 0 Å². The van der Waals surface area contributed by atoms with Crippen molar-refractivity contribution in [1.29, 1.82) is 0 Å². The van der Waals surface area contributed by atoms with Crippen molar-refractivity contribution in [2.75, 3.05) is 20.3 Å². The fourth-order valence-corrected chi connectivity index (χ4v) is 0.518. The zero-order valence-electron chi connectivity index (χ0n) is 8.14. The van der Waals surface area contributed by atoms with Gasteiger partial charge in [0.2, 0.25) is 0 Å². The molecule has 0 aliphatic rings. The zero-order valence-corrected chi connectivity index (χ0v) is 8.14. The summed E-state index contributed by atoms with van der Waals surface area (Å²) in [6.07, 6.45) is -0.618. The lowest BCUT2D eigenvalue weighted by Crippen LogP contribution is -2.18. The molecule has 0 aromatic heterocycles. The van der Waals surface area contributed by atoms with Crippen LogP contribution in [0.3, 0.4) is 0 Å². The molecule has 1 atom stereocenters. The van der Waals surface area contributed by atoms with Crippen molar-refractivity contribution in [3.8, 4) is 0 Å². The summed E-state index contributed by atoms with van der Waals surface area (Å²) in [6, 6.07) is 0. The van der Waals surface area contributed by atoms with Crippen molar-refractivity contribution in [3.05, 3.63) is 9.81 Å². The summed E-state index contributed by atoms with van der Waals surface area (Å²) in [5.74, 6) is 0.0732. The maximum Gasteiger partial charge on any atom is 0.191 e. The fraction of sp³-hybridized carbons (Fsp3) is 1.00. The van der Waals surface area contributed by atoms with Gasteiger partial charge in [0.05, 0.1) is 20.3 Å². The highest BCUT2D eigenvalue weighted by atomic mass is 16.5. The largest absolute Gasteiger partial charge is 0.394 e. The molecule has 78 valence electrons. The maximum atomic E-state index is 10.00. The molecule has 1 N–H and O–H groups in total. The molecule has 0 aliphatic heterocycles. The molecule has 0 spiro atoms. The Balaban J connectivity index is 0. The third-order valence-corrected chi connectivity index (χ3v) is 1.05. The van der Waals surface area contributed by atoms with Gasteiger partial charge in [0.15, 0.2) is 6.23 Å². The van der Waals surface area contributed by atoms with Crippen molar-refractivity contribution in [2.24, 2.45) is 16.3 Å². The smallest absolute Gasteiger partial charge is 0.191 e. The number of aliphatic hydroxyl groups is 1. The van der Waals surface area contributed by atoms with Crippen LogP contribution in [0.5, 0.6) is 0 Å². The Bertz CT molecular complexity index is 130. The summed E-state index contributed by atoms with van der Waals surface area (Å²) < 4.78 is 4.87. The van der Waals surface area contributed by atoms with E-state index in [9.17, 15) is 4.91 Å². The standard InChI is InChI=1S/C6H13NO3.CH3NO/c1-5(2)6(7-9)10-4-3-8;1-2-3/h5-6,8H,3-4H2,1-2H3;1H3. The van der Waals surface area contributed by atoms with Crippen LogP contribution >= 0.6 is 0 Å². The summed E-state index contributed by atoms with van der Waals surface area (Å²) in [7, 11) is 1.19. The van der Waals surface area contributed by atoms with E-state index in [1.54, 1.807) is 0 Å². The SMILES string of the molecule is CC(C)C(N=O)OCCO.CN=O. The number of aliphatic hydroxyl groups excluding tert-OH is 1. The highest BCUT2D eigenvalue weighted by Gasteiger charge is 2.12. The van der Waals surface area contributed by atoms with Crippen LogP contribution in [0.1, 0.15) is 13.8 Å². The van der Waals surface area contributed by atoms with Gasteiger partial charge in [-0.05, 0) is 5.18 Å². The first kappa shape index (κ1) is 14.6. The molecule has 0 amide bonds. The van der Waals surface area contributed by atoms with Gasteiger partial charge in [0, 0.05) is 5.92 Å². The van der Waals surface area contributed by atoms with E-state index in [1.165, 1.54) is 7.05 Å². The van der Waals surface area contributed by atoms with Crippen LogP contribution < -0.4 is 0 Å². The van der Waals surface area contributed by atoms with Crippen LogP contribution in [0.4, 0.5) is 0 Å². The average molecular weight is 192 g/mol. The molecule has 0 fully saturated rings. The highest BCUT2D eigenvalue weighted by molar-refractivity contribution is 4.57. The number of nitroso groups, excluding NO2 is 2. The van der Waals surface area contributed by atoms with Crippen LogP contribution in [0.2, 0.25) is 0 Å². The van der Waals surface area contributed by atoms with Crippen LogP contribution in [-0.4, -0.2) is 31.6 Å². The van der Waals surface area contributed by atoms with Crippen LogP contribution in [0, 0.1) is 15.7 Å². The van der Waals surface area contributed by atoms with Crippen LogP contribution in [-0.2, 0) is 4.74 Å². The predicted octanol–water partition coefficient (Wildman–Crippen LogP) is 1.13. The predicted molar refractivity (Wildman–Crippen MR) is 49.2 cm³/mol. The van der Waals surface area contributed by atoms with E-state index in [0.717, 1.165) is 0 Å². The lowest BCUT2D eigenvalue weighted by Gasteiger charge is -2.11. The lowest BCUT2D eigenvalue weighted by atomic mass is 10.2. The Labute approximate surface area is 77.2 Å². The molecule has 6 heteroatoms. The molecule has 0 heterocycles. The summed E-state index contributed by atoms with van der Waals surface area (Å²) in [5.41, 5.74) is 0. The summed E-state index contributed by atoms with van der Waals surface area (Å²) >= 11 is 0. The molecule has 1 unspecified atom stereocenters. The van der Waals surface area contributed by atoms with Crippen molar-refractivity contribution in [3.63, 3.8) is 0 Å². The monoisotopic (exact) mass is 192 g/mol. The van der Waals surface area contributed by atoms with Gasteiger partial charge in [-0.25, -0.2) is 0 Å². The van der Waals surface area contributed by atoms with Gasteiger partial charge in [0.25, 0.3) is 0 Å². The van der Waals surface area contributed by atoms with E-state index >= 15 is 0 Å². The van der Waals surface area contributed by atoms with E-state index in [1.807, 2.05) is 13.8 Å². The molecule has 0 aromatic rings. The Kier molecular flexibility index (Phi) is 12.5. The number of nitrogens with zero attached hydrogens (tertiary/aromatic N) is 2. The normalized spacial score (nSPS) is 11.5. The van der Waals surface area contributed by atoms with E-state index in [-0.39, 0.29) is 19.1 Å². The number of rotatable bonds is 5. The molecule has 0 aliphatic carbocycles. The van der Waals surface area contributed by atoms with E-state index < -0.39 is 6.23 Å². The first-order valence-corrected chi connectivity index (χ1v) is 3.90. The minimum atomic E-state index is -0.618. The van der Waals surface area contributed by atoms with Crippen molar-refractivity contribution in [2.45, 2.75) is 20.1 Å². The van der Waals surface area contributed by atoms with Gasteiger partial charge < -0.3 is 9.84 Å². The molecule has 0 rings (SSSR count). The first-order valence-electron chi connectivity index (χ1n) is 3.90. The van der Waals surface area contributed by atoms with E-state index in [4.69, 9.17) is 14.8 Å². The second-order valence-corrected chi connectivity index (χ2v) is 2.52. The quantitative estimate of drug-likeness (QED) is 0.661. The lowest BCUT2D eigenvalue weighted by molar-refractivity contribution is 0.00773. The topological polar surface area (TPSA) is 88.3 Å². The Morgan fingerprint density at radius 2 is 1.85 bits per heavy atom. The van der Waals surface area contributed by atoms with Gasteiger partial charge in [-0.15, -0.1) is 4.91 Å². The van der Waals surface area contributed by atoms with Crippen molar-refractivity contribution >= 4 is 0 Å². The third-order valence-electron chi connectivity index (χ3n) is 1.05. The van der Waals surface area contributed by atoms with E-state index in [0.29, 0.717) is 0 Å². The zero-order chi connectivity index (χ0) is 10.7. The molecule has 0 saturated heterocycles. The number of ether oxygens (including phenoxy) is 1. The molecular weight excluding hydrogens is 176 g/mol. The second kappa shape index (κ2) is 11.1. The van der Waals surface area contributed by atoms with Crippen molar-refractivity contribution in [1.82, 2.24) is 0 Å². The molecule has 0 aromatic carbocycles. The van der Waals surface area contributed by atoms with Crippen molar-refractivity contribution < 1.29 is 9.84 Å². The van der Waals surface area contributed by atoms with Gasteiger partial charge in [-0.1, -0.05) is 19.0 Å². The van der Waals surface area contributed by atoms with Crippen LogP contribution in [0.15, 0.2) is 10.4 Å². The van der Waals surface area contributed by atoms with Gasteiger partial charge >= 0.3 is 0 Å². The van der Waals surface area contributed by atoms with Gasteiger partial charge in [-0.3, -0.25) is 0 Å².